The van der Waals surface area contributed by atoms with Crippen molar-refractivity contribution in [1.29, 1.82) is 0 Å². The van der Waals surface area contributed by atoms with E-state index in [-0.39, 0.29) is 17.6 Å². The number of pyridine rings is 1. The summed E-state index contributed by atoms with van der Waals surface area (Å²) in [6.07, 6.45) is 4.28. The standard InChI is InChI=1S/C15H16N2O3/c18-8-2-4-11-3-1-5-12(9-11)17-15(20)13-10-16-7-6-14(13)19/h1,3,5-7,9-10,18H,2,4,8H2,(H,16,19)(H,17,20). The molecular weight excluding hydrogens is 256 g/mol. The lowest BCUT2D eigenvalue weighted by Crippen LogP contribution is -2.20. The van der Waals surface area contributed by atoms with Gasteiger partial charge in [-0.05, 0) is 30.5 Å². The molecule has 0 bridgehead atoms. The number of benzene rings is 1. The summed E-state index contributed by atoms with van der Waals surface area (Å²) in [7, 11) is 0. The van der Waals surface area contributed by atoms with Crippen LogP contribution in [0.5, 0.6) is 0 Å². The molecule has 1 aromatic heterocycles. The van der Waals surface area contributed by atoms with Gasteiger partial charge in [-0.15, -0.1) is 0 Å². The fourth-order valence-corrected chi connectivity index (χ4v) is 1.88. The topological polar surface area (TPSA) is 82.2 Å². The van der Waals surface area contributed by atoms with Crippen LogP contribution in [-0.2, 0) is 6.42 Å². The Morgan fingerprint density at radius 1 is 1.30 bits per heavy atom. The number of nitrogens with one attached hydrogen (secondary N) is 2. The molecule has 2 rings (SSSR count). The predicted octanol–water partition coefficient (Wildman–Crippen LogP) is 1.55. The number of carbonyl (C=O) groups is 1. The molecule has 3 N–H and O–H groups in total. The summed E-state index contributed by atoms with van der Waals surface area (Å²) in [5, 5.41) is 11.5. The van der Waals surface area contributed by atoms with E-state index in [1.165, 1.54) is 18.5 Å². The minimum absolute atomic E-state index is 0.0771. The summed E-state index contributed by atoms with van der Waals surface area (Å²) in [5.74, 6) is -0.439. The highest BCUT2D eigenvalue weighted by molar-refractivity contribution is 6.03. The fraction of sp³-hybridized carbons (Fsp3) is 0.200. The Labute approximate surface area is 116 Å². The lowest BCUT2D eigenvalue weighted by atomic mass is 10.1. The first-order valence-corrected chi connectivity index (χ1v) is 6.39. The van der Waals surface area contributed by atoms with Gasteiger partial charge < -0.3 is 15.4 Å². The molecule has 104 valence electrons. The van der Waals surface area contributed by atoms with Gasteiger partial charge in [0.15, 0.2) is 5.43 Å². The Morgan fingerprint density at radius 3 is 2.90 bits per heavy atom. The summed E-state index contributed by atoms with van der Waals surface area (Å²) in [6, 6.07) is 8.67. The van der Waals surface area contributed by atoms with E-state index < -0.39 is 5.91 Å². The van der Waals surface area contributed by atoms with E-state index in [1.807, 2.05) is 18.2 Å². The average Bonchev–Trinajstić information content (AvgIpc) is 2.46. The quantitative estimate of drug-likeness (QED) is 0.772. The highest BCUT2D eigenvalue weighted by atomic mass is 16.2. The molecule has 0 spiro atoms. The Morgan fingerprint density at radius 2 is 2.15 bits per heavy atom. The summed E-state index contributed by atoms with van der Waals surface area (Å²) in [6.45, 7) is 0.135. The maximum Gasteiger partial charge on any atom is 0.261 e. The Kier molecular flexibility index (Phi) is 4.68. The number of aromatic nitrogens is 1. The number of aliphatic hydroxyl groups excluding tert-OH is 1. The fourth-order valence-electron chi connectivity index (χ4n) is 1.88. The summed E-state index contributed by atoms with van der Waals surface area (Å²) in [4.78, 5) is 26.3. The van der Waals surface area contributed by atoms with Crippen LogP contribution in [0.4, 0.5) is 5.69 Å². The Hall–Kier alpha value is -2.40. The van der Waals surface area contributed by atoms with Gasteiger partial charge in [-0.2, -0.15) is 0 Å². The van der Waals surface area contributed by atoms with Crippen LogP contribution < -0.4 is 10.7 Å². The van der Waals surface area contributed by atoms with Crippen LogP contribution in [-0.4, -0.2) is 22.6 Å². The molecule has 0 unspecified atom stereocenters. The van der Waals surface area contributed by atoms with E-state index in [4.69, 9.17) is 5.11 Å². The summed E-state index contributed by atoms with van der Waals surface area (Å²) < 4.78 is 0. The molecule has 1 aromatic carbocycles. The van der Waals surface area contributed by atoms with Crippen LogP contribution in [0.3, 0.4) is 0 Å². The van der Waals surface area contributed by atoms with Gasteiger partial charge in [0, 0.05) is 30.8 Å². The van der Waals surface area contributed by atoms with Gasteiger partial charge >= 0.3 is 0 Å². The van der Waals surface area contributed by atoms with Gasteiger partial charge in [0.05, 0.1) is 0 Å². The number of aromatic amines is 1. The molecule has 5 heteroatoms. The number of aryl methyl sites for hydroxylation is 1. The maximum atomic E-state index is 12.0. The van der Waals surface area contributed by atoms with Crippen molar-refractivity contribution < 1.29 is 9.90 Å². The molecule has 0 aliphatic carbocycles. The number of hydrogen-bond donors (Lipinski definition) is 3. The molecule has 1 amide bonds. The SMILES string of the molecule is O=C(Nc1cccc(CCCO)c1)c1c[nH]ccc1=O. The third kappa shape index (κ3) is 3.55. The third-order valence-electron chi connectivity index (χ3n) is 2.88. The van der Waals surface area contributed by atoms with Crippen molar-refractivity contribution in [3.8, 4) is 0 Å². The van der Waals surface area contributed by atoms with Crippen molar-refractivity contribution in [3.63, 3.8) is 0 Å². The summed E-state index contributed by atoms with van der Waals surface area (Å²) >= 11 is 0. The number of carbonyl (C=O) groups excluding carboxylic acids is 1. The number of amides is 1. The number of H-pyrrole nitrogens is 1. The molecule has 0 radical (unpaired) electrons. The molecular formula is C15H16N2O3. The normalized spacial score (nSPS) is 10.2. The van der Waals surface area contributed by atoms with Crippen LogP contribution in [0, 0.1) is 0 Å². The third-order valence-corrected chi connectivity index (χ3v) is 2.88. The largest absolute Gasteiger partial charge is 0.396 e. The van der Waals surface area contributed by atoms with E-state index in [1.54, 1.807) is 6.07 Å². The van der Waals surface area contributed by atoms with E-state index in [0.717, 1.165) is 12.0 Å². The summed E-state index contributed by atoms with van der Waals surface area (Å²) in [5.41, 5.74) is 1.42. The predicted molar refractivity (Wildman–Crippen MR) is 76.9 cm³/mol. The zero-order valence-corrected chi connectivity index (χ0v) is 10.9. The Balaban J connectivity index is 2.12. The number of aliphatic hydroxyl groups is 1. The average molecular weight is 272 g/mol. The van der Waals surface area contributed by atoms with E-state index in [0.29, 0.717) is 12.1 Å². The highest BCUT2D eigenvalue weighted by Crippen LogP contribution is 2.12. The minimum Gasteiger partial charge on any atom is -0.396 e. The van der Waals surface area contributed by atoms with Crippen LogP contribution in [0.25, 0.3) is 0 Å². The van der Waals surface area contributed by atoms with Gasteiger partial charge in [-0.25, -0.2) is 0 Å². The van der Waals surface area contributed by atoms with E-state index >= 15 is 0 Å². The van der Waals surface area contributed by atoms with Gasteiger partial charge in [0.25, 0.3) is 5.91 Å². The Bertz CT molecular complexity index is 649. The first-order valence-electron chi connectivity index (χ1n) is 6.39. The second-order valence-electron chi connectivity index (χ2n) is 4.40. The number of anilines is 1. The van der Waals surface area contributed by atoms with Gasteiger partial charge in [-0.3, -0.25) is 9.59 Å². The van der Waals surface area contributed by atoms with Crippen molar-refractivity contribution in [1.82, 2.24) is 4.98 Å². The van der Waals surface area contributed by atoms with E-state index in [9.17, 15) is 9.59 Å². The lowest BCUT2D eigenvalue weighted by Gasteiger charge is -2.07. The second-order valence-corrected chi connectivity index (χ2v) is 4.40. The van der Waals surface area contributed by atoms with E-state index in [2.05, 4.69) is 10.3 Å². The van der Waals surface area contributed by atoms with Crippen LogP contribution in [0.2, 0.25) is 0 Å². The van der Waals surface area contributed by atoms with Crippen molar-refractivity contribution in [2.45, 2.75) is 12.8 Å². The maximum absolute atomic E-state index is 12.0. The van der Waals surface area contributed by atoms with Crippen LogP contribution >= 0.6 is 0 Å². The number of hydrogen-bond acceptors (Lipinski definition) is 3. The first kappa shape index (κ1) is 14.0. The van der Waals surface area contributed by atoms with Crippen LogP contribution in [0.1, 0.15) is 22.3 Å². The zero-order valence-electron chi connectivity index (χ0n) is 10.9. The van der Waals surface area contributed by atoms with Gasteiger partial charge in [0.2, 0.25) is 0 Å². The molecule has 0 atom stereocenters. The van der Waals surface area contributed by atoms with Crippen LogP contribution in [0.15, 0.2) is 47.5 Å². The first-order chi connectivity index (χ1) is 9.70. The second kappa shape index (κ2) is 6.68. The van der Waals surface area contributed by atoms with Gasteiger partial charge in [0.1, 0.15) is 5.56 Å². The molecule has 0 fully saturated rings. The molecule has 2 aromatic rings. The molecule has 0 aliphatic heterocycles. The van der Waals surface area contributed by atoms with Crippen molar-refractivity contribution in [2.24, 2.45) is 0 Å². The van der Waals surface area contributed by atoms with Crippen molar-refractivity contribution in [2.75, 3.05) is 11.9 Å². The highest BCUT2D eigenvalue weighted by Gasteiger charge is 2.09. The molecule has 5 nitrogen and oxygen atoms in total. The van der Waals surface area contributed by atoms with Gasteiger partial charge in [-0.1, -0.05) is 12.1 Å². The number of rotatable bonds is 5. The smallest absolute Gasteiger partial charge is 0.261 e. The minimum atomic E-state index is -0.439. The lowest BCUT2D eigenvalue weighted by molar-refractivity contribution is 0.102. The molecule has 0 saturated carbocycles. The molecule has 20 heavy (non-hydrogen) atoms. The van der Waals surface area contributed by atoms with Crippen molar-refractivity contribution in [3.05, 3.63) is 64.1 Å². The monoisotopic (exact) mass is 272 g/mol. The molecule has 0 aliphatic rings. The van der Waals surface area contributed by atoms with Crippen molar-refractivity contribution >= 4 is 11.6 Å². The molecule has 1 heterocycles. The zero-order chi connectivity index (χ0) is 14.4. The molecule has 0 saturated heterocycles.